The molecule has 0 saturated carbocycles. The second-order valence-corrected chi connectivity index (χ2v) is 31.4. The van der Waals surface area contributed by atoms with Gasteiger partial charge in [-0.05, 0) is 191 Å². The van der Waals surface area contributed by atoms with Crippen LogP contribution in [0.2, 0.25) is 0 Å². The van der Waals surface area contributed by atoms with Crippen molar-refractivity contribution in [1.29, 1.82) is 0 Å². The fraction of sp³-hybridized carbons (Fsp3) is 0.170. The Hall–Kier alpha value is -10.9. The summed E-state index contributed by atoms with van der Waals surface area (Å²) in [7, 11) is 0. The fourth-order valence-corrected chi connectivity index (χ4v) is 15.7. The van der Waals surface area contributed by atoms with Gasteiger partial charge in [0, 0.05) is 66.8 Å². The molecule has 4 heterocycles. The largest absolute Gasteiger partial charge is 0.311 e. The monoisotopic (exact) mass is 1280 g/mol. The Morgan fingerprint density at radius 2 is 0.758 bits per heavy atom. The minimum Gasteiger partial charge on any atom is -0.311 e. The van der Waals surface area contributed by atoms with E-state index in [-0.39, 0.29) is 46.0 Å². The third kappa shape index (κ3) is 10.3. The van der Waals surface area contributed by atoms with Gasteiger partial charge in [0.1, 0.15) is 0 Å². The molecule has 0 radical (unpaired) electrons. The van der Waals surface area contributed by atoms with Gasteiger partial charge < -0.3 is 18.9 Å². The minimum absolute atomic E-state index is 0.0940. The van der Waals surface area contributed by atoms with Crippen molar-refractivity contribution < 1.29 is 6.85 Å². The summed E-state index contributed by atoms with van der Waals surface area (Å²) in [5, 5.41) is 4.53. The molecule has 0 unspecified atom stereocenters. The number of para-hydroxylation sites is 2. The molecule has 0 atom stereocenters. The van der Waals surface area contributed by atoms with Crippen molar-refractivity contribution in [1.82, 2.24) is 9.13 Å². The highest BCUT2D eigenvalue weighted by Crippen LogP contribution is 2.55. The zero-order chi connectivity index (χ0) is 72.4. The van der Waals surface area contributed by atoms with Gasteiger partial charge in [-0.3, -0.25) is 0 Å². The highest BCUT2D eigenvalue weighted by molar-refractivity contribution is 7.00. The molecule has 5 heteroatoms. The normalized spacial score (nSPS) is 13.9. The van der Waals surface area contributed by atoms with Gasteiger partial charge in [0.05, 0.1) is 40.3 Å². The van der Waals surface area contributed by atoms with Crippen LogP contribution in [-0.2, 0) is 21.7 Å². The maximum atomic E-state index is 9.63. The van der Waals surface area contributed by atoms with Crippen LogP contribution in [0, 0.1) is 0 Å². The van der Waals surface area contributed by atoms with Crippen LogP contribution in [0.4, 0.5) is 34.1 Å². The van der Waals surface area contributed by atoms with E-state index in [1.54, 1.807) is 0 Å². The molecule has 0 spiro atoms. The van der Waals surface area contributed by atoms with Crippen molar-refractivity contribution in [3.63, 3.8) is 0 Å². The molecule has 0 fully saturated rings. The molecule has 13 aromatic carbocycles. The average molecular weight is 1280 g/mol. The molecule has 2 aliphatic heterocycles. The Morgan fingerprint density at radius 3 is 1.32 bits per heavy atom. The van der Waals surface area contributed by atoms with Crippen LogP contribution in [-0.4, -0.2) is 15.8 Å². The van der Waals surface area contributed by atoms with E-state index >= 15 is 0 Å². The summed E-state index contributed by atoms with van der Waals surface area (Å²) < 4.78 is 51.2. The van der Waals surface area contributed by atoms with Crippen LogP contribution in [0.5, 0.6) is 0 Å². The Kier molecular flexibility index (Phi) is 13.0. The maximum absolute atomic E-state index is 9.63. The number of fused-ring (bicyclic) bond motifs is 10. The summed E-state index contributed by atoms with van der Waals surface area (Å²) in [5.41, 5.74) is 26.6. The lowest BCUT2D eigenvalue weighted by atomic mass is 9.33. The number of hydrogen-bond donors (Lipinski definition) is 0. The van der Waals surface area contributed by atoms with Gasteiger partial charge in [-0.1, -0.05) is 271 Å². The number of benzene rings is 13. The molecule has 4 nitrogen and oxygen atoms in total. The molecule has 0 N–H and O–H groups in total. The van der Waals surface area contributed by atoms with Gasteiger partial charge in [0.25, 0.3) is 6.71 Å². The zero-order valence-corrected chi connectivity index (χ0v) is 58.6. The molecule has 15 aromatic rings. The molecule has 2 aliphatic rings. The van der Waals surface area contributed by atoms with Crippen molar-refractivity contribution in [2.75, 3.05) is 9.80 Å². The predicted molar refractivity (Wildman–Crippen MR) is 426 cm³/mol. The average Bonchev–Trinajstić information content (AvgIpc) is 0.914. The van der Waals surface area contributed by atoms with E-state index in [1.807, 2.05) is 6.07 Å². The molecule has 0 aliphatic carbocycles. The molecule has 2 aromatic heterocycles. The van der Waals surface area contributed by atoms with Crippen molar-refractivity contribution in [2.24, 2.45) is 0 Å². The standard InChI is InChI=1S/C94H83BN4/c1-91(2,3)66-43-48-80-75(53-66)76-54-67(92(4,5)6)44-49-81(76)97(80)71-45-47-78-83(59-71)99(90-73(62-34-22-15-23-35-62)55-68(93(7,8)9)56-74(90)63-36-24-16-25-37-63)87-58-69(94(10,11)12)57-86-89(87)95(78)77-46-42-64(60-30-18-13-19-31-60)50-82(77)98(86)85-52-65(61-32-20-14-21-33-61)51-84-88(85)72-40-28-29-41-79(72)96(84)70-38-26-17-27-39-70/h13-59H,1-12H3/i13D,18D,19D,30D,31D. The molecule has 17 rings (SSSR count). The first-order chi connectivity index (χ1) is 49.7. The van der Waals surface area contributed by atoms with E-state index in [2.05, 4.69) is 351 Å². The van der Waals surface area contributed by atoms with Crippen LogP contribution in [0.15, 0.2) is 285 Å². The lowest BCUT2D eigenvalue weighted by Crippen LogP contribution is -2.61. The number of aromatic nitrogens is 2. The first-order valence-electron chi connectivity index (χ1n) is 37.4. The molecular weight excluding hydrogens is 1200 g/mol. The van der Waals surface area contributed by atoms with E-state index in [4.69, 9.17) is 4.11 Å². The van der Waals surface area contributed by atoms with E-state index < -0.39 is 18.2 Å². The maximum Gasteiger partial charge on any atom is 0.252 e. The highest BCUT2D eigenvalue weighted by Gasteiger charge is 2.46. The van der Waals surface area contributed by atoms with Crippen LogP contribution in [0.25, 0.3) is 99.5 Å². The van der Waals surface area contributed by atoms with Gasteiger partial charge in [0.15, 0.2) is 0 Å². The minimum atomic E-state index is -0.429. The van der Waals surface area contributed by atoms with Gasteiger partial charge in [-0.15, -0.1) is 0 Å². The third-order valence-corrected chi connectivity index (χ3v) is 20.9. The SMILES string of the molecule is [2H]c1c([2H])c([2H])c(-c2ccc3c(c2)N(c2cc(-c4ccccc4)cc4c2c2ccccc2n4-c2ccccc2)c2cc(C(C)(C)C)cc4c2B3c2ccc(-n3c5ccc(C(C)(C)C)cc5c5cc(C(C)(C)C)ccc53)cc2N4c2c(-c3ccccc3)cc(C(C)(C)C)cc2-c2ccccc2)c([2H])c1[2H]. The van der Waals surface area contributed by atoms with Crippen molar-refractivity contribution in [3.8, 4) is 55.9 Å². The molecule has 0 saturated heterocycles. The zero-order valence-electron chi connectivity index (χ0n) is 63.6. The Balaban J connectivity index is 1.07. The van der Waals surface area contributed by atoms with Crippen molar-refractivity contribution in [2.45, 2.75) is 105 Å². The number of anilines is 6. The first-order valence-corrected chi connectivity index (χ1v) is 34.9. The summed E-state index contributed by atoms with van der Waals surface area (Å²) in [6.07, 6.45) is 0. The second-order valence-electron chi connectivity index (χ2n) is 31.4. The van der Waals surface area contributed by atoms with E-state index in [1.165, 1.54) is 27.5 Å². The summed E-state index contributed by atoms with van der Waals surface area (Å²) in [5.74, 6) is 0. The first kappa shape index (κ1) is 56.2. The van der Waals surface area contributed by atoms with Crippen LogP contribution in [0.1, 0.15) is 112 Å². The quantitative estimate of drug-likeness (QED) is 0.141. The summed E-state index contributed by atoms with van der Waals surface area (Å²) in [6, 6.07) is 92.5. The number of rotatable bonds is 8. The smallest absolute Gasteiger partial charge is 0.252 e. The van der Waals surface area contributed by atoms with Gasteiger partial charge >= 0.3 is 0 Å². The van der Waals surface area contributed by atoms with Crippen molar-refractivity contribution in [3.05, 3.63) is 307 Å². The molecule has 0 amide bonds. The summed E-state index contributed by atoms with van der Waals surface area (Å²) in [4.78, 5) is 5.13. The van der Waals surface area contributed by atoms with E-state index in [9.17, 15) is 2.74 Å². The van der Waals surface area contributed by atoms with Crippen molar-refractivity contribution >= 4 is 101 Å². The van der Waals surface area contributed by atoms with Crippen LogP contribution >= 0.6 is 0 Å². The topological polar surface area (TPSA) is 16.3 Å². The number of nitrogens with zero attached hydrogens (tertiary/aromatic N) is 4. The Bertz CT molecular complexity index is 5870. The lowest BCUT2D eigenvalue weighted by molar-refractivity contribution is 0.590. The highest BCUT2D eigenvalue weighted by atomic mass is 15.2. The molecule has 99 heavy (non-hydrogen) atoms. The van der Waals surface area contributed by atoms with Gasteiger partial charge in [-0.25, -0.2) is 0 Å². The van der Waals surface area contributed by atoms with Crippen LogP contribution in [0.3, 0.4) is 0 Å². The van der Waals surface area contributed by atoms with Gasteiger partial charge in [0.2, 0.25) is 0 Å². The summed E-state index contributed by atoms with van der Waals surface area (Å²) >= 11 is 0. The van der Waals surface area contributed by atoms with E-state index in [0.717, 1.165) is 134 Å². The lowest BCUT2D eigenvalue weighted by Gasteiger charge is -2.46. The molecular formula is C94H83BN4. The van der Waals surface area contributed by atoms with E-state index in [0.29, 0.717) is 5.56 Å². The predicted octanol–water partition coefficient (Wildman–Crippen LogP) is 23.8. The second kappa shape index (κ2) is 22.9. The molecule has 482 valence electrons. The molecule has 0 bridgehead atoms. The number of hydrogen-bond acceptors (Lipinski definition) is 2. The Morgan fingerprint density at radius 1 is 0.293 bits per heavy atom. The van der Waals surface area contributed by atoms with Crippen LogP contribution < -0.4 is 26.2 Å². The summed E-state index contributed by atoms with van der Waals surface area (Å²) in [6.45, 7) is 27.3. The third-order valence-electron chi connectivity index (χ3n) is 20.9. The fourth-order valence-electron chi connectivity index (χ4n) is 15.7. The van der Waals surface area contributed by atoms with Gasteiger partial charge in [-0.2, -0.15) is 0 Å². The Labute approximate surface area is 591 Å².